The molecule has 1 saturated heterocycles. The summed E-state index contributed by atoms with van der Waals surface area (Å²) in [5.41, 5.74) is 2.65. The van der Waals surface area contributed by atoms with Crippen LogP contribution < -0.4 is 5.32 Å². The van der Waals surface area contributed by atoms with Crippen molar-refractivity contribution in [2.75, 3.05) is 11.5 Å². The molecular weight excluding hydrogens is 238 g/mol. The van der Waals surface area contributed by atoms with Crippen molar-refractivity contribution in [3.05, 3.63) is 34.3 Å². The molecule has 0 atom stereocenters. The van der Waals surface area contributed by atoms with Crippen LogP contribution in [0, 0.1) is 6.92 Å². The van der Waals surface area contributed by atoms with Crippen LogP contribution in [-0.2, 0) is 6.54 Å². The lowest BCUT2D eigenvalue weighted by molar-refractivity contribution is 0.481. The molecule has 1 aliphatic heterocycles. The number of rotatable bonds is 3. The van der Waals surface area contributed by atoms with E-state index in [4.69, 9.17) is 11.6 Å². The van der Waals surface area contributed by atoms with Gasteiger partial charge >= 0.3 is 0 Å². The third-order valence-corrected chi connectivity index (χ3v) is 4.39. The molecule has 1 heterocycles. The molecule has 16 heavy (non-hydrogen) atoms. The van der Waals surface area contributed by atoms with Crippen molar-refractivity contribution < 1.29 is 0 Å². The van der Waals surface area contributed by atoms with Crippen LogP contribution in [0.4, 0.5) is 0 Å². The van der Waals surface area contributed by atoms with Crippen LogP contribution in [0.5, 0.6) is 0 Å². The molecule has 1 nitrogen and oxygen atoms in total. The summed E-state index contributed by atoms with van der Waals surface area (Å²) in [4.78, 5) is 0. The largest absolute Gasteiger partial charge is 0.310 e. The quantitative estimate of drug-likeness (QED) is 0.885. The van der Waals surface area contributed by atoms with Gasteiger partial charge in [-0.15, -0.1) is 0 Å². The molecule has 3 heteroatoms. The zero-order chi connectivity index (χ0) is 11.4. The molecule has 0 spiro atoms. The zero-order valence-electron chi connectivity index (χ0n) is 9.63. The van der Waals surface area contributed by atoms with Crippen molar-refractivity contribution in [2.24, 2.45) is 0 Å². The monoisotopic (exact) mass is 255 g/mol. The standard InChI is InChI=1S/C13H18ClNS/c1-10-8-12(14)3-2-11(10)9-15-13-4-6-16-7-5-13/h2-3,8,13,15H,4-7,9H2,1H3. The van der Waals surface area contributed by atoms with Crippen LogP contribution >= 0.6 is 23.4 Å². The fraction of sp³-hybridized carbons (Fsp3) is 0.538. The third kappa shape index (κ3) is 3.41. The van der Waals surface area contributed by atoms with E-state index in [-0.39, 0.29) is 0 Å². The van der Waals surface area contributed by atoms with Crippen molar-refractivity contribution in [3.63, 3.8) is 0 Å². The van der Waals surface area contributed by atoms with Gasteiger partial charge in [0, 0.05) is 17.6 Å². The molecule has 1 N–H and O–H groups in total. The highest BCUT2D eigenvalue weighted by Gasteiger charge is 2.12. The van der Waals surface area contributed by atoms with E-state index in [2.05, 4.69) is 30.1 Å². The molecule has 0 radical (unpaired) electrons. The molecule has 1 aromatic rings. The molecule has 0 amide bonds. The van der Waals surface area contributed by atoms with Crippen LogP contribution in [-0.4, -0.2) is 17.5 Å². The Kier molecular flexibility index (Phi) is 4.56. The minimum atomic E-state index is 0.705. The van der Waals surface area contributed by atoms with Gasteiger partial charge in [0.15, 0.2) is 0 Å². The average Bonchev–Trinajstić information content (AvgIpc) is 2.29. The molecule has 0 bridgehead atoms. The van der Waals surface area contributed by atoms with Gasteiger partial charge in [0.25, 0.3) is 0 Å². The minimum absolute atomic E-state index is 0.705. The summed E-state index contributed by atoms with van der Waals surface area (Å²) >= 11 is 8.01. The predicted molar refractivity (Wildman–Crippen MR) is 73.4 cm³/mol. The maximum Gasteiger partial charge on any atom is 0.0408 e. The van der Waals surface area contributed by atoms with Crippen molar-refractivity contribution in [2.45, 2.75) is 32.4 Å². The van der Waals surface area contributed by atoms with Crippen molar-refractivity contribution >= 4 is 23.4 Å². The van der Waals surface area contributed by atoms with Gasteiger partial charge in [-0.3, -0.25) is 0 Å². The van der Waals surface area contributed by atoms with Crippen LogP contribution in [0.1, 0.15) is 24.0 Å². The lowest BCUT2D eigenvalue weighted by Crippen LogP contribution is -2.32. The van der Waals surface area contributed by atoms with Crippen LogP contribution in [0.2, 0.25) is 5.02 Å². The second kappa shape index (κ2) is 5.95. The van der Waals surface area contributed by atoms with E-state index in [1.54, 1.807) is 0 Å². The number of aryl methyl sites for hydroxylation is 1. The summed E-state index contributed by atoms with van der Waals surface area (Å²) in [5, 5.41) is 4.47. The maximum absolute atomic E-state index is 5.94. The van der Waals surface area contributed by atoms with E-state index >= 15 is 0 Å². The Hall–Kier alpha value is -0.180. The first kappa shape index (κ1) is 12.3. The Labute approximate surface area is 107 Å². The number of halogens is 1. The van der Waals surface area contributed by atoms with Gasteiger partial charge in [0.05, 0.1) is 0 Å². The van der Waals surface area contributed by atoms with E-state index in [1.807, 2.05) is 12.1 Å². The fourth-order valence-corrected chi connectivity index (χ4v) is 3.35. The molecule has 88 valence electrons. The van der Waals surface area contributed by atoms with Crippen LogP contribution in [0.15, 0.2) is 18.2 Å². The number of hydrogen-bond donors (Lipinski definition) is 1. The molecule has 0 saturated carbocycles. The Balaban J connectivity index is 1.88. The molecule has 1 aromatic carbocycles. The lowest BCUT2D eigenvalue weighted by Gasteiger charge is -2.23. The SMILES string of the molecule is Cc1cc(Cl)ccc1CNC1CCSCC1. The number of nitrogens with one attached hydrogen (secondary N) is 1. The molecule has 0 aromatic heterocycles. The summed E-state index contributed by atoms with van der Waals surface area (Å²) in [6.07, 6.45) is 2.61. The zero-order valence-corrected chi connectivity index (χ0v) is 11.2. The highest BCUT2D eigenvalue weighted by molar-refractivity contribution is 7.99. The van der Waals surface area contributed by atoms with Crippen molar-refractivity contribution in [3.8, 4) is 0 Å². The molecule has 1 fully saturated rings. The minimum Gasteiger partial charge on any atom is -0.310 e. The van der Waals surface area contributed by atoms with Gasteiger partial charge in [-0.05, 0) is 54.5 Å². The first-order valence-electron chi connectivity index (χ1n) is 5.82. The Morgan fingerprint density at radius 3 is 2.81 bits per heavy atom. The number of hydrogen-bond acceptors (Lipinski definition) is 2. The molecule has 0 aliphatic carbocycles. The highest BCUT2D eigenvalue weighted by atomic mass is 35.5. The average molecular weight is 256 g/mol. The van der Waals surface area contributed by atoms with E-state index < -0.39 is 0 Å². The first-order chi connectivity index (χ1) is 7.75. The topological polar surface area (TPSA) is 12.0 Å². The van der Waals surface area contributed by atoms with E-state index in [0.717, 1.165) is 11.6 Å². The van der Waals surface area contributed by atoms with Gasteiger partial charge in [0.1, 0.15) is 0 Å². The van der Waals surface area contributed by atoms with Crippen molar-refractivity contribution in [1.82, 2.24) is 5.32 Å². The molecule has 0 unspecified atom stereocenters. The third-order valence-electron chi connectivity index (χ3n) is 3.11. The molecule has 2 rings (SSSR count). The Morgan fingerprint density at radius 2 is 2.12 bits per heavy atom. The Bertz CT molecular complexity index is 348. The molecular formula is C13H18ClNS. The molecule has 1 aliphatic rings. The predicted octanol–water partition coefficient (Wildman–Crippen LogP) is 3.63. The highest BCUT2D eigenvalue weighted by Crippen LogP contribution is 2.19. The number of benzene rings is 1. The van der Waals surface area contributed by atoms with E-state index in [1.165, 1.54) is 35.5 Å². The van der Waals surface area contributed by atoms with Gasteiger partial charge in [-0.25, -0.2) is 0 Å². The second-order valence-electron chi connectivity index (χ2n) is 4.34. The summed E-state index contributed by atoms with van der Waals surface area (Å²) < 4.78 is 0. The lowest BCUT2D eigenvalue weighted by atomic mass is 10.1. The maximum atomic E-state index is 5.94. The van der Waals surface area contributed by atoms with Crippen LogP contribution in [0.3, 0.4) is 0 Å². The smallest absolute Gasteiger partial charge is 0.0408 e. The normalized spacial score (nSPS) is 17.6. The van der Waals surface area contributed by atoms with Crippen LogP contribution in [0.25, 0.3) is 0 Å². The first-order valence-corrected chi connectivity index (χ1v) is 7.35. The van der Waals surface area contributed by atoms with Gasteiger partial charge in [0.2, 0.25) is 0 Å². The van der Waals surface area contributed by atoms with Gasteiger partial charge in [-0.1, -0.05) is 17.7 Å². The van der Waals surface area contributed by atoms with Crippen molar-refractivity contribution in [1.29, 1.82) is 0 Å². The second-order valence-corrected chi connectivity index (χ2v) is 6.00. The Morgan fingerprint density at radius 1 is 1.38 bits per heavy atom. The van der Waals surface area contributed by atoms with Gasteiger partial charge < -0.3 is 5.32 Å². The van der Waals surface area contributed by atoms with E-state index in [0.29, 0.717) is 6.04 Å². The fourth-order valence-electron chi connectivity index (χ4n) is 2.01. The van der Waals surface area contributed by atoms with E-state index in [9.17, 15) is 0 Å². The summed E-state index contributed by atoms with van der Waals surface area (Å²) in [7, 11) is 0. The summed E-state index contributed by atoms with van der Waals surface area (Å²) in [5.74, 6) is 2.61. The number of thioether (sulfide) groups is 1. The van der Waals surface area contributed by atoms with Gasteiger partial charge in [-0.2, -0.15) is 11.8 Å². The summed E-state index contributed by atoms with van der Waals surface area (Å²) in [6.45, 7) is 3.10. The summed E-state index contributed by atoms with van der Waals surface area (Å²) in [6, 6.07) is 6.84.